The summed E-state index contributed by atoms with van der Waals surface area (Å²) in [6, 6.07) is 0. The third kappa shape index (κ3) is 5.25. The largest absolute Gasteiger partial charge is 0.394 e. The van der Waals surface area contributed by atoms with Crippen molar-refractivity contribution in [3.63, 3.8) is 0 Å². The lowest BCUT2D eigenvalue weighted by Crippen LogP contribution is -2.53. The van der Waals surface area contributed by atoms with Gasteiger partial charge in [0.05, 0.1) is 12.7 Å². The molecular weight excluding hydrogens is 226 g/mol. The van der Waals surface area contributed by atoms with Crippen molar-refractivity contribution in [1.82, 2.24) is 5.32 Å². The van der Waals surface area contributed by atoms with E-state index in [1.807, 2.05) is 0 Å². The van der Waals surface area contributed by atoms with Gasteiger partial charge in [0, 0.05) is 12.1 Å². The molecule has 108 valence electrons. The summed E-state index contributed by atoms with van der Waals surface area (Å²) in [7, 11) is 0. The van der Waals surface area contributed by atoms with Gasteiger partial charge in [-0.25, -0.2) is 0 Å². The molecule has 1 saturated carbocycles. The Morgan fingerprint density at radius 2 is 2.11 bits per heavy atom. The van der Waals surface area contributed by atoms with Crippen LogP contribution in [-0.4, -0.2) is 36.5 Å². The zero-order chi connectivity index (χ0) is 13.3. The van der Waals surface area contributed by atoms with Crippen molar-refractivity contribution in [3.05, 3.63) is 0 Å². The van der Waals surface area contributed by atoms with Crippen LogP contribution in [0.3, 0.4) is 0 Å². The van der Waals surface area contributed by atoms with Gasteiger partial charge < -0.3 is 15.2 Å². The van der Waals surface area contributed by atoms with Gasteiger partial charge in [-0.1, -0.05) is 26.7 Å². The molecule has 3 nitrogen and oxygen atoms in total. The highest BCUT2D eigenvalue weighted by Crippen LogP contribution is 2.30. The van der Waals surface area contributed by atoms with Gasteiger partial charge in [-0.15, -0.1) is 0 Å². The molecule has 0 aromatic carbocycles. The van der Waals surface area contributed by atoms with Crippen molar-refractivity contribution in [2.24, 2.45) is 0 Å². The summed E-state index contributed by atoms with van der Waals surface area (Å²) in [6.45, 7) is 6.49. The third-order valence-electron chi connectivity index (χ3n) is 3.95. The zero-order valence-electron chi connectivity index (χ0n) is 12.2. The predicted molar refractivity (Wildman–Crippen MR) is 75.8 cm³/mol. The fourth-order valence-electron chi connectivity index (χ4n) is 2.80. The van der Waals surface area contributed by atoms with Crippen molar-refractivity contribution in [1.29, 1.82) is 0 Å². The second kappa shape index (κ2) is 8.89. The van der Waals surface area contributed by atoms with Gasteiger partial charge in [0.1, 0.15) is 0 Å². The number of rotatable bonds is 9. The molecule has 2 atom stereocenters. The molecule has 0 spiro atoms. The van der Waals surface area contributed by atoms with E-state index in [9.17, 15) is 5.11 Å². The molecule has 2 unspecified atom stereocenters. The second-order valence-corrected chi connectivity index (χ2v) is 5.66. The molecule has 0 radical (unpaired) electrons. The minimum atomic E-state index is -0.0797. The molecule has 0 aromatic heterocycles. The molecule has 0 saturated heterocycles. The molecule has 1 aliphatic carbocycles. The van der Waals surface area contributed by atoms with Crippen molar-refractivity contribution < 1.29 is 9.84 Å². The topological polar surface area (TPSA) is 41.5 Å². The van der Waals surface area contributed by atoms with Crippen LogP contribution in [0.25, 0.3) is 0 Å². The normalized spacial score (nSPS) is 28.5. The van der Waals surface area contributed by atoms with Gasteiger partial charge >= 0.3 is 0 Å². The maximum Gasteiger partial charge on any atom is 0.0614 e. The summed E-state index contributed by atoms with van der Waals surface area (Å²) in [5, 5.41) is 13.2. The Labute approximate surface area is 112 Å². The first kappa shape index (κ1) is 15.9. The molecule has 1 aliphatic rings. The summed E-state index contributed by atoms with van der Waals surface area (Å²) < 4.78 is 5.97. The number of nitrogens with one attached hydrogen (secondary N) is 1. The van der Waals surface area contributed by atoms with Crippen LogP contribution in [0.2, 0.25) is 0 Å². The maximum absolute atomic E-state index is 9.68. The molecule has 1 rings (SSSR count). The van der Waals surface area contributed by atoms with Gasteiger partial charge in [-0.05, 0) is 45.1 Å². The van der Waals surface area contributed by atoms with Gasteiger partial charge in [0.2, 0.25) is 0 Å². The minimum absolute atomic E-state index is 0.0797. The average Bonchev–Trinajstić information content (AvgIpc) is 2.42. The second-order valence-electron chi connectivity index (χ2n) is 5.66. The summed E-state index contributed by atoms with van der Waals surface area (Å²) in [6.07, 6.45) is 9.49. The fourth-order valence-corrected chi connectivity index (χ4v) is 2.80. The molecule has 0 aliphatic heterocycles. The van der Waals surface area contributed by atoms with Gasteiger partial charge in [0.15, 0.2) is 0 Å². The van der Waals surface area contributed by atoms with E-state index in [4.69, 9.17) is 4.74 Å². The van der Waals surface area contributed by atoms with Gasteiger partial charge in [0.25, 0.3) is 0 Å². The van der Waals surface area contributed by atoms with Crippen LogP contribution < -0.4 is 5.32 Å². The molecular formula is C15H31NO2. The molecule has 0 heterocycles. The molecule has 0 amide bonds. The first-order valence-electron chi connectivity index (χ1n) is 7.74. The van der Waals surface area contributed by atoms with Crippen molar-refractivity contribution in [3.8, 4) is 0 Å². The van der Waals surface area contributed by atoms with Crippen LogP contribution in [0.4, 0.5) is 0 Å². The monoisotopic (exact) mass is 257 g/mol. The molecule has 1 fully saturated rings. The van der Waals surface area contributed by atoms with Crippen molar-refractivity contribution in [2.75, 3.05) is 19.8 Å². The smallest absolute Gasteiger partial charge is 0.0614 e. The maximum atomic E-state index is 9.68. The molecule has 0 bridgehead atoms. The fraction of sp³-hybridized carbons (Fsp3) is 1.00. The Bertz CT molecular complexity index is 211. The Balaban J connectivity index is 2.33. The van der Waals surface area contributed by atoms with E-state index in [1.165, 1.54) is 19.3 Å². The van der Waals surface area contributed by atoms with Gasteiger partial charge in [-0.3, -0.25) is 0 Å². The number of aliphatic hydroxyl groups is 1. The summed E-state index contributed by atoms with van der Waals surface area (Å²) in [5.41, 5.74) is -0.0797. The Hall–Kier alpha value is -0.120. The highest BCUT2D eigenvalue weighted by molar-refractivity contribution is 4.93. The number of ether oxygens (including phenoxy) is 1. The Kier molecular flexibility index (Phi) is 7.87. The lowest BCUT2D eigenvalue weighted by atomic mass is 9.80. The van der Waals surface area contributed by atoms with Crippen LogP contribution in [0.5, 0.6) is 0 Å². The highest BCUT2D eigenvalue weighted by atomic mass is 16.5. The summed E-state index contributed by atoms with van der Waals surface area (Å²) in [5.74, 6) is 0. The third-order valence-corrected chi connectivity index (χ3v) is 3.95. The molecule has 3 heteroatoms. The molecule has 2 N–H and O–H groups in total. The van der Waals surface area contributed by atoms with Gasteiger partial charge in [-0.2, -0.15) is 0 Å². The van der Waals surface area contributed by atoms with E-state index in [-0.39, 0.29) is 12.1 Å². The van der Waals surface area contributed by atoms with Crippen LogP contribution in [0.15, 0.2) is 0 Å². The number of hydrogen-bond acceptors (Lipinski definition) is 3. The SMILES string of the molecule is CCCCCOC1CCCC(CO)(NCCC)C1. The van der Waals surface area contributed by atoms with Crippen molar-refractivity contribution in [2.45, 2.75) is 76.9 Å². The van der Waals surface area contributed by atoms with E-state index < -0.39 is 0 Å². The predicted octanol–water partition coefficient (Wildman–Crippen LogP) is 2.87. The van der Waals surface area contributed by atoms with E-state index in [2.05, 4.69) is 19.2 Å². The lowest BCUT2D eigenvalue weighted by molar-refractivity contribution is -0.0168. The van der Waals surface area contributed by atoms with E-state index in [1.54, 1.807) is 0 Å². The quantitative estimate of drug-likeness (QED) is 0.624. The van der Waals surface area contributed by atoms with Crippen molar-refractivity contribution >= 4 is 0 Å². The highest BCUT2D eigenvalue weighted by Gasteiger charge is 2.35. The Morgan fingerprint density at radius 1 is 1.28 bits per heavy atom. The number of aliphatic hydroxyl groups excluding tert-OH is 1. The molecule has 18 heavy (non-hydrogen) atoms. The number of hydrogen-bond donors (Lipinski definition) is 2. The first-order chi connectivity index (χ1) is 8.76. The summed E-state index contributed by atoms with van der Waals surface area (Å²) in [4.78, 5) is 0. The van der Waals surface area contributed by atoms with Crippen LogP contribution in [0, 0.1) is 0 Å². The van der Waals surface area contributed by atoms with E-state index in [0.29, 0.717) is 6.10 Å². The van der Waals surface area contributed by atoms with Crippen LogP contribution >= 0.6 is 0 Å². The lowest BCUT2D eigenvalue weighted by Gasteiger charge is -2.40. The number of unbranched alkanes of at least 4 members (excludes halogenated alkanes) is 2. The standard InChI is InChI=1S/C15H31NO2/c1-3-5-6-11-18-14-8-7-9-15(12-14,13-17)16-10-4-2/h14,16-17H,3-13H2,1-2H3. The van der Waals surface area contributed by atoms with E-state index in [0.717, 1.165) is 45.3 Å². The average molecular weight is 257 g/mol. The van der Waals surface area contributed by atoms with E-state index >= 15 is 0 Å². The first-order valence-corrected chi connectivity index (χ1v) is 7.74. The minimum Gasteiger partial charge on any atom is -0.394 e. The molecule has 0 aromatic rings. The Morgan fingerprint density at radius 3 is 2.78 bits per heavy atom. The van der Waals surface area contributed by atoms with Crippen LogP contribution in [0.1, 0.15) is 65.2 Å². The zero-order valence-corrected chi connectivity index (χ0v) is 12.2. The summed E-state index contributed by atoms with van der Waals surface area (Å²) >= 11 is 0. The van der Waals surface area contributed by atoms with Crippen LogP contribution in [-0.2, 0) is 4.74 Å².